The Balaban J connectivity index is 2.17. The van der Waals surface area contributed by atoms with Crippen LogP contribution in [-0.4, -0.2) is 15.7 Å². The minimum Gasteiger partial charge on any atom is -0.330 e. The molecule has 2 aromatic rings. The molecule has 96 valence electrons. The van der Waals surface area contributed by atoms with E-state index in [2.05, 4.69) is 20.9 Å². The molecule has 0 fully saturated rings. The Kier molecular flexibility index (Phi) is 3.75. The van der Waals surface area contributed by atoms with E-state index in [1.807, 2.05) is 24.3 Å². The summed E-state index contributed by atoms with van der Waals surface area (Å²) in [5.74, 6) is 0.0301. The minimum atomic E-state index is -4.24. The molecule has 0 aliphatic rings. The second-order valence-electron chi connectivity index (χ2n) is 3.89. The molecule has 1 aromatic carbocycles. The first kappa shape index (κ1) is 13.1. The van der Waals surface area contributed by atoms with E-state index < -0.39 is 12.6 Å². The SMILES string of the molecule is FC(F)(F)Cc1nccn1Cc1cccc(Br)c1. The van der Waals surface area contributed by atoms with Crippen molar-refractivity contribution in [3.63, 3.8) is 0 Å². The summed E-state index contributed by atoms with van der Waals surface area (Å²) < 4.78 is 39.4. The molecule has 0 saturated heterocycles. The van der Waals surface area contributed by atoms with Crippen molar-refractivity contribution in [3.05, 3.63) is 52.5 Å². The van der Waals surface area contributed by atoms with E-state index >= 15 is 0 Å². The average Bonchev–Trinajstić information content (AvgIpc) is 2.63. The van der Waals surface area contributed by atoms with Gasteiger partial charge in [-0.1, -0.05) is 28.1 Å². The van der Waals surface area contributed by atoms with E-state index in [-0.39, 0.29) is 5.82 Å². The number of hydrogen-bond donors (Lipinski definition) is 0. The van der Waals surface area contributed by atoms with E-state index in [0.717, 1.165) is 10.0 Å². The van der Waals surface area contributed by atoms with Gasteiger partial charge in [0.1, 0.15) is 12.2 Å². The van der Waals surface area contributed by atoms with Crippen LogP contribution in [0.25, 0.3) is 0 Å². The topological polar surface area (TPSA) is 17.8 Å². The first-order chi connectivity index (χ1) is 8.44. The van der Waals surface area contributed by atoms with Crippen molar-refractivity contribution in [2.75, 3.05) is 0 Å². The highest BCUT2D eigenvalue weighted by molar-refractivity contribution is 9.10. The number of nitrogens with zero attached hydrogens (tertiary/aromatic N) is 2. The molecule has 0 amide bonds. The van der Waals surface area contributed by atoms with Gasteiger partial charge in [-0.25, -0.2) is 4.98 Å². The lowest BCUT2D eigenvalue weighted by atomic mass is 10.2. The maximum absolute atomic E-state index is 12.3. The highest BCUT2D eigenvalue weighted by Gasteiger charge is 2.29. The average molecular weight is 319 g/mol. The molecule has 2 rings (SSSR count). The molecule has 0 aliphatic carbocycles. The standard InChI is InChI=1S/C12H10BrF3N2/c13-10-3-1-2-9(6-10)8-18-5-4-17-11(18)7-12(14,15)16/h1-6H,7-8H2. The third kappa shape index (κ3) is 3.60. The van der Waals surface area contributed by atoms with Gasteiger partial charge in [-0.05, 0) is 17.7 Å². The fourth-order valence-electron chi connectivity index (χ4n) is 1.66. The minimum absolute atomic E-state index is 0.0301. The number of benzene rings is 1. The Hall–Kier alpha value is -1.30. The third-order valence-corrected chi connectivity index (χ3v) is 2.90. The zero-order chi connectivity index (χ0) is 13.2. The van der Waals surface area contributed by atoms with Crippen LogP contribution in [0.4, 0.5) is 13.2 Å². The number of imidazole rings is 1. The van der Waals surface area contributed by atoms with Gasteiger partial charge in [-0.15, -0.1) is 0 Å². The van der Waals surface area contributed by atoms with Gasteiger partial charge in [0, 0.05) is 23.4 Å². The van der Waals surface area contributed by atoms with E-state index in [0.29, 0.717) is 6.54 Å². The molecule has 1 heterocycles. The molecule has 2 nitrogen and oxygen atoms in total. The molecule has 0 aliphatic heterocycles. The van der Waals surface area contributed by atoms with Crippen molar-refractivity contribution in [2.24, 2.45) is 0 Å². The molecule has 0 saturated carbocycles. The first-order valence-corrected chi connectivity index (χ1v) is 6.04. The Labute approximate surface area is 111 Å². The molecule has 18 heavy (non-hydrogen) atoms. The summed E-state index contributed by atoms with van der Waals surface area (Å²) in [6.45, 7) is 0.380. The predicted octanol–water partition coefficient (Wildman–Crippen LogP) is 3.80. The number of halogens is 4. The first-order valence-electron chi connectivity index (χ1n) is 5.25. The van der Waals surface area contributed by atoms with Gasteiger partial charge in [0.2, 0.25) is 0 Å². The third-order valence-electron chi connectivity index (χ3n) is 2.40. The van der Waals surface area contributed by atoms with Gasteiger partial charge in [0.25, 0.3) is 0 Å². The highest BCUT2D eigenvalue weighted by atomic mass is 79.9. The molecule has 0 N–H and O–H groups in total. The molecule has 0 bridgehead atoms. The lowest BCUT2D eigenvalue weighted by molar-refractivity contribution is -0.128. The van der Waals surface area contributed by atoms with Crippen molar-refractivity contribution in [2.45, 2.75) is 19.1 Å². The number of alkyl halides is 3. The van der Waals surface area contributed by atoms with E-state index in [1.165, 1.54) is 10.8 Å². The Bertz CT molecular complexity index is 534. The van der Waals surface area contributed by atoms with Crippen LogP contribution in [0.15, 0.2) is 41.1 Å². The van der Waals surface area contributed by atoms with Crippen LogP contribution in [0, 0.1) is 0 Å². The molecule has 0 unspecified atom stereocenters. The van der Waals surface area contributed by atoms with E-state index in [4.69, 9.17) is 0 Å². The number of rotatable bonds is 3. The quantitative estimate of drug-likeness (QED) is 0.841. The normalized spacial score (nSPS) is 11.8. The van der Waals surface area contributed by atoms with Gasteiger partial charge >= 0.3 is 6.18 Å². The van der Waals surface area contributed by atoms with E-state index in [9.17, 15) is 13.2 Å². The van der Waals surface area contributed by atoms with Crippen LogP contribution in [-0.2, 0) is 13.0 Å². The van der Waals surface area contributed by atoms with Crippen molar-refractivity contribution < 1.29 is 13.2 Å². The second kappa shape index (κ2) is 5.14. The molecule has 0 atom stereocenters. The van der Waals surface area contributed by atoms with Crippen molar-refractivity contribution in [3.8, 4) is 0 Å². The predicted molar refractivity (Wildman–Crippen MR) is 65.2 cm³/mol. The summed E-state index contributed by atoms with van der Waals surface area (Å²) in [5, 5.41) is 0. The van der Waals surface area contributed by atoms with Crippen LogP contribution in [0.3, 0.4) is 0 Å². The molecule has 6 heteroatoms. The highest BCUT2D eigenvalue weighted by Crippen LogP contribution is 2.21. The lowest BCUT2D eigenvalue weighted by Gasteiger charge is -2.10. The maximum Gasteiger partial charge on any atom is 0.396 e. The summed E-state index contributed by atoms with van der Waals surface area (Å²) in [6, 6.07) is 7.45. The van der Waals surface area contributed by atoms with Gasteiger partial charge in [-0.3, -0.25) is 0 Å². The van der Waals surface area contributed by atoms with Gasteiger partial charge in [0.15, 0.2) is 0 Å². The fourth-order valence-corrected chi connectivity index (χ4v) is 2.11. The Morgan fingerprint density at radius 3 is 2.72 bits per heavy atom. The van der Waals surface area contributed by atoms with Gasteiger partial charge in [-0.2, -0.15) is 13.2 Å². The molecule has 0 radical (unpaired) electrons. The van der Waals surface area contributed by atoms with Crippen molar-refractivity contribution in [1.29, 1.82) is 0 Å². The van der Waals surface area contributed by atoms with Gasteiger partial charge < -0.3 is 4.57 Å². The zero-order valence-corrected chi connectivity index (χ0v) is 10.9. The van der Waals surface area contributed by atoms with Crippen molar-refractivity contribution in [1.82, 2.24) is 9.55 Å². The molecule has 0 spiro atoms. The zero-order valence-electron chi connectivity index (χ0n) is 9.28. The van der Waals surface area contributed by atoms with Crippen LogP contribution in [0.2, 0.25) is 0 Å². The lowest BCUT2D eigenvalue weighted by Crippen LogP contribution is -2.16. The largest absolute Gasteiger partial charge is 0.396 e. The van der Waals surface area contributed by atoms with E-state index in [1.54, 1.807) is 6.20 Å². The molecular formula is C12H10BrF3N2. The van der Waals surface area contributed by atoms with Crippen LogP contribution >= 0.6 is 15.9 Å². The van der Waals surface area contributed by atoms with Crippen LogP contribution < -0.4 is 0 Å². The Morgan fingerprint density at radius 1 is 1.28 bits per heavy atom. The summed E-state index contributed by atoms with van der Waals surface area (Å²) in [5.41, 5.74) is 0.922. The van der Waals surface area contributed by atoms with Gasteiger partial charge in [0.05, 0.1) is 0 Å². The monoisotopic (exact) mass is 318 g/mol. The summed E-state index contributed by atoms with van der Waals surface area (Å²) in [4.78, 5) is 3.75. The summed E-state index contributed by atoms with van der Waals surface area (Å²) >= 11 is 3.33. The molecular weight excluding hydrogens is 309 g/mol. The summed E-state index contributed by atoms with van der Waals surface area (Å²) in [7, 11) is 0. The second-order valence-corrected chi connectivity index (χ2v) is 4.81. The van der Waals surface area contributed by atoms with Crippen LogP contribution in [0.5, 0.6) is 0 Å². The van der Waals surface area contributed by atoms with Crippen LogP contribution in [0.1, 0.15) is 11.4 Å². The smallest absolute Gasteiger partial charge is 0.330 e. The fraction of sp³-hybridized carbons (Fsp3) is 0.250. The number of aromatic nitrogens is 2. The summed E-state index contributed by atoms with van der Waals surface area (Å²) in [6.07, 6.45) is -2.30. The number of hydrogen-bond acceptors (Lipinski definition) is 1. The maximum atomic E-state index is 12.3. The van der Waals surface area contributed by atoms with Crippen molar-refractivity contribution >= 4 is 15.9 Å². The Morgan fingerprint density at radius 2 is 2.06 bits per heavy atom. The molecule has 1 aromatic heterocycles.